The molecule has 1 aromatic heterocycles. The standard InChI is InChI=1S/C16H24N2O3S/c1-22(19,20)18-10-7-16(8-11-18)6-5-15(21-13-16)12-14-4-2-3-9-17-14/h2-4,9,15H,5-8,10-13H2,1H3/t15-/m1/s1. The molecule has 6 heteroatoms. The van der Waals surface area contributed by atoms with Crippen molar-refractivity contribution in [2.24, 2.45) is 5.41 Å². The van der Waals surface area contributed by atoms with E-state index in [1.165, 1.54) is 6.26 Å². The van der Waals surface area contributed by atoms with Crippen LogP contribution in [0.15, 0.2) is 24.4 Å². The largest absolute Gasteiger partial charge is 0.377 e. The van der Waals surface area contributed by atoms with E-state index in [0.717, 1.165) is 44.4 Å². The second kappa shape index (κ2) is 6.26. The SMILES string of the molecule is CS(=O)(=O)N1CCC2(CC[C@H](Cc3ccccn3)OC2)CC1. The van der Waals surface area contributed by atoms with E-state index in [2.05, 4.69) is 4.98 Å². The number of hydrogen-bond acceptors (Lipinski definition) is 4. The van der Waals surface area contributed by atoms with E-state index >= 15 is 0 Å². The van der Waals surface area contributed by atoms with Crippen LogP contribution in [0.25, 0.3) is 0 Å². The van der Waals surface area contributed by atoms with Crippen molar-refractivity contribution >= 4 is 10.0 Å². The minimum atomic E-state index is -3.05. The summed E-state index contributed by atoms with van der Waals surface area (Å²) in [7, 11) is -3.05. The number of rotatable bonds is 3. The van der Waals surface area contributed by atoms with Crippen molar-refractivity contribution in [2.45, 2.75) is 38.2 Å². The zero-order valence-corrected chi connectivity index (χ0v) is 13.9. The van der Waals surface area contributed by atoms with Gasteiger partial charge in [0.05, 0.1) is 19.0 Å². The Kier molecular flexibility index (Phi) is 4.52. The normalized spacial score (nSPS) is 26.1. The van der Waals surface area contributed by atoms with Crippen LogP contribution < -0.4 is 0 Å². The Balaban J connectivity index is 1.52. The topological polar surface area (TPSA) is 59.5 Å². The summed E-state index contributed by atoms with van der Waals surface area (Å²) in [5, 5.41) is 0. The zero-order valence-electron chi connectivity index (χ0n) is 13.1. The van der Waals surface area contributed by atoms with Crippen molar-refractivity contribution in [2.75, 3.05) is 26.0 Å². The van der Waals surface area contributed by atoms with Crippen LogP contribution in [0.3, 0.4) is 0 Å². The Morgan fingerprint density at radius 3 is 2.64 bits per heavy atom. The van der Waals surface area contributed by atoms with E-state index in [4.69, 9.17) is 4.74 Å². The lowest BCUT2D eigenvalue weighted by atomic mass is 9.73. The van der Waals surface area contributed by atoms with Gasteiger partial charge in [0.1, 0.15) is 0 Å². The molecule has 0 bridgehead atoms. The van der Waals surface area contributed by atoms with Gasteiger partial charge < -0.3 is 4.74 Å². The fourth-order valence-electron chi connectivity index (χ4n) is 3.52. The summed E-state index contributed by atoms with van der Waals surface area (Å²) in [5.41, 5.74) is 1.26. The van der Waals surface area contributed by atoms with Crippen LogP contribution in [0, 0.1) is 5.41 Å². The van der Waals surface area contributed by atoms with E-state index in [0.29, 0.717) is 13.1 Å². The Hall–Kier alpha value is -0.980. The maximum Gasteiger partial charge on any atom is 0.211 e. The van der Waals surface area contributed by atoms with Crippen LogP contribution >= 0.6 is 0 Å². The lowest BCUT2D eigenvalue weighted by Gasteiger charge is -2.45. The molecule has 5 nitrogen and oxygen atoms in total. The molecule has 0 N–H and O–H groups in total. The molecule has 0 saturated carbocycles. The van der Waals surface area contributed by atoms with Gasteiger partial charge in [-0.25, -0.2) is 12.7 Å². The first kappa shape index (κ1) is 15.9. The zero-order chi connectivity index (χ0) is 15.6. The van der Waals surface area contributed by atoms with Gasteiger partial charge in [0.15, 0.2) is 0 Å². The van der Waals surface area contributed by atoms with Gasteiger partial charge in [-0.3, -0.25) is 4.98 Å². The number of nitrogens with zero attached hydrogens (tertiary/aromatic N) is 2. The summed E-state index contributed by atoms with van der Waals surface area (Å²) in [4.78, 5) is 4.36. The van der Waals surface area contributed by atoms with Gasteiger partial charge in [-0.2, -0.15) is 0 Å². The van der Waals surface area contributed by atoms with Gasteiger partial charge >= 0.3 is 0 Å². The molecule has 0 amide bonds. The lowest BCUT2D eigenvalue weighted by molar-refractivity contribution is -0.0794. The monoisotopic (exact) mass is 324 g/mol. The van der Waals surface area contributed by atoms with E-state index in [-0.39, 0.29) is 11.5 Å². The van der Waals surface area contributed by atoms with Gasteiger partial charge in [0.25, 0.3) is 0 Å². The smallest absolute Gasteiger partial charge is 0.211 e. The molecule has 2 fully saturated rings. The van der Waals surface area contributed by atoms with Crippen molar-refractivity contribution in [3.8, 4) is 0 Å². The maximum atomic E-state index is 11.6. The molecule has 1 spiro atoms. The minimum Gasteiger partial charge on any atom is -0.377 e. The highest BCUT2D eigenvalue weighted by Gasteiger charge is 2.40. The molecule has 2 saturated heterocycles. The van der Waals surface area contributed by atoms with Crippen molar-refractivity contribution in [3.05, 3.63) is 30.1 Å². The molecular formula is C16H24N2O3S. The first-order chi connectivity index (χ1) is 10.5. The minimum absolute atomic E-state index is 0.182. The average molecular weight is 324 g/mol. The number of hydrogen-bond donors (Lipinski definition) is 0. The first-order valence-electron chi connectivity index (χ1n) is 7.94. The Labute approximate surface area is 132 Å². The summed E-state index contributed by atoms with van der Waals surface area (Å²) in [6.45, 7) is 2.02. The van der Waals surface area contributed by atoms with Crippen LogP contribution in [-0.4, -0.2) is 49.8 Å². The predicted molar refractivity (Wildman–Crippen MR) is 85.0 cm³/mol. The van der Waals surface area contributed by atoms with Crippen LogP contribution in [0.2, 0.25) is 0 Å². The average Bonchev–Trinajstić information content (AvgIpc) is 2.51. The predicted octanol–water partition coefficient (Wildman–Crippen LogP) is 1.84. The maximum absolute atomic E-state index is 11.6. The highest BCUT2D eigenvalue weighted by molar-refractivity contribution is 7.88. The highest BCUT2D eigenvalue weighted by Crippen LogP contribution is 2.41. The second-order valence-corrected chi connectivity index (χ2v) is 8.64. The van der Waals surface area contributed by atoms with Crippen LogP contribution in [-0.2, 0) is 21.2 Å². The van der Waals surface area contributed by atoms with Crippen LogP contribution in [0.1, 0.15) is 31.4 Å². The van der Waals surface area contributed by atoms with E-state index in [1.807, 2.05) is 24.4 Å². The van der Waals surface area contributed by atoms with Crippen molar-refractivity contribution in [3.63, 3.8) is 0 Å². The first-order valence-corrected chi connectivity index (χ1v) is 9.78. The van der Waals surface area contributed by atoms with Crippen molar-refractivity contribution < 1.29 is 13.2 Å². The van der Waals surface area contributed by atoms with Gasteiger partial charge in [-0.15, -0.1) is 0 Å². The molecular weight excluding hydrogens is 300 g/mol. The Bertz CT molecular complexity index is 585. The summed E-state index contributed by atoms with van der Waals surface area (Å²) < 4.78 is 30.9. The molecule has 2 aliphatic rings. The summed E-state index contributed by atoms with van der Waals surface area (Å²) in [6, 6.07) is 5.97. The lowest BCUT2D eigenvalue weighted by Crippen LogP contribution is -2.47. The molecule has 122 valence electrons. The number of ether oxygens (including phenoxy) is 1. The number of pyridine rings is 1. The van der Waals surface area contributed by atoms with Crippen molar-refractivity contribution in [1.82, 2.24) is 9.29 Å². The van der Waals surface area contributed by atoms with E-state index in [9.17, 15) is 8.42 Å². The highest BCUT2D eigenvalue weighted by atomic mass is 32.2. The molecule has 0 aromatic carbocycles. The molecule has 3 rings (SSSR count). The third-order valence-electron chi connectivity index (χ3n) is 5.04. The fraction of sp³-hybridized carbons (Fsp3) is 0.688. The molecule has 1 atom stereocenters. The fourth-order valence-corrected chi connectivity index (χ4v) is 4.36. The van der Waals surface area contributed by atoms with E-state index in [1.54, 1.807) is 4.31 Å². The van der Waals surface area contributed by atoms with Gasteiger partial charge in [-0.05, 0) is 43.2 Å². The Morgan fingerprint density at radius 2 is 2.09 bits per heavy atom. The van der Waals surface area contributed by atoms with E-state index < -0.39 is 10.0 Å². The van der Waals surface area contributed by atoms with Gasteiger partial charge in [-0.1, -0.05) is 6.07 Å². The quantitative estimate of drug-likeness (QED) is 0.851. The molecule has 3 heterocycles. The third-order valence-corrected chi connectivity index (χ3v) is 6.34. The summed E-state index contributed by atoms with van der Waals surface area (Å²) in [6.07, 6.45) is 8.22. The molecule has 1 aromatic rings. The molecule has 22 heavy (non-hydrogen) atoms. The Morgan fingerprint density at radius 1 is 1.32 bits per heavy atom. The molecule has 2 aliphatic heterocycles. The second-order valence-electron chi connectivity index (χ2n) is 6.66. The molecule has 0 aliphatic carbocycles. The number of sulfonamides is 1. The number of piperidine rings is 1. The van der Waals surface area contributed by atoms with Gasteiger partial charge in [0, 0.05) is 31.4 Å². The summed E-state index contributed by atoms with van der Waals surface area (Å²) >= 11 is 0. The summed E-state index contributed by atoms with van der Waals surface area (Å²) in [5.74, 6) is 0. The molecule has 0 unspecified atom stereocenters. The molecule has 0 radical (unpaired) electrons. The number of aromatic nitrogens is 1. The van der Waals surface area contributed by atoms with Crippen molar-refractivity contribution in [1.29, 1.82) is 0 Å². The third kappa shape index (κ3) is 3.67. The van der Waals surface area contributed by atoms with Gasteiger partial charge in [0.2, 0.25) is 10.0 Å². The van der Waals surface area contributed by atoms with Crippen LogP contribution in [0.5, 0.6) is 0 Å². The van der Waals surface area contributed by atoms with Crippen LogP contribution in [0.4, 0.5) is 0 Å².